The van der Waals surface area contributed by atoms with Crippen LogP contribution >= 0.6 is 0 Å². The van der Waals surface area contributed by atoms with E-state index in [1.54, 1.807) is 44.9 Å². The molecule has 1 heterocycles. The number of carboxylic acids is 1. The van der Waals surface area contributed by atoms with E-state index < -0.39 is 5.97 Å². The molecule has 5 nitrogen and oxygen atoms in total. The Balaban J connectivity index is 2.92. The van der Waals surface area contributed by atoms with Crippen molar-refractivity contribution in [2.24, 2.45) is 7.05 Å². The van der Waals surface area contributed by atoms with E-state index in [9.17, 15) is 9.90 Å². The number of fused-ring (bicyclic) bond motifs is 1. The minimum Gasteiger partial charge on any atom is -0.497 e. The number of carbonyl (C=O) groups is 1. The number of ether oxygens (including phenoxy) is 2. The van der Waals surface area contributed by atoms with Gasteiger partial charge in [0, 0.05) is 24.6 Å². The number of rotatable bonds is 3. The van der Waals surface area contributed by atoms with Crippen LogP contribution in [0, 0.1) is 6.92 Å². The molecule has 2 aromatic rings. The number of hydrogen-bond donors (Lipinski definition) is 1. The van der Waals surface area contributed by atoms with E-state index in [-0.39, 0.29) is 5.69 Å². The molecule has 0 fully saturated rings. The predicted octanol–water partition coefficient (Wildman–Crippen LogP) is 2.20. The average molecular weight is 249 g/mol. The zero-order valence-electron chi connectivity index (χ0n) is 10.8. The molecule has 1 aromatic carbocycles. The standard InChI is InChI=1S/C13H15NO4/c1-7-11-9(14(2)12(7)13(15)16)5-8(17-3)6-10(11)18-4/h5-6H,1-4H3,(H,15,16). The first kappa shape index (κ1) is 12.3. The second-order valence-electron chi connectivity index (χ2n) is 4.06. The molecule has 18 heavy (non-hydrogen) atoms. The Morgan fingerprint density at radius 1 is 1.28 bits per heavy atom. The van der Waals surface area contributed by atoms with Gasteiger partial charge in [-0.3, -0.25) is 0 Å². The van der Waals surface area contributed by atoms with Gasteiger partial charge in [-0.05, 0) is 12.5 Å². The van der Waals surface area contributed by atoms with Crippen LogP contribution in [0.25, 0.3) is 10.9 Å². The number of methoxy groups -OCH3 is 2. The Hall–Kier alpha value is -2.17. The molecule has 0 radical (unpaired) electrons. The molecule has 0 aliphatic carbocycles. The van der Waals surface area contributed by atoms with E-state index in [0.29, 0.717) is 17.1 Å². The lowest BCUT2D eigenvalue weighted by atomic mass is 10.1. The number of hydrogen-bond acceptors (Lipinski definition) is 3. The molecule has 0 saturated heterocycles. The summed E-state index contributed by atoms with van der Waals surface area (Å²) in [5, 5.41) is 10.0. The van der Waals surface area contributed by atoms with E-state index in [2.05, 4.69) is 0 Å². The fourth-order valence-electron chi connectivity index (χ4n) is 2.29. The number of aromatic nitrogens is 1. The van der Waals surface area contributed by atoms with Gasteiger partial charge >= 0.3 is 5.97 Å². The second kappa shape index (κ2) is 4.25. The summed E-state index contributed by atoms with van der Waals surface area (Å²) in [5.41, 5.74) is 1.73. The van der Waals surface area contributed by atoms with E-state index in [1.807, 2.05) is 0 Å². The molecular formula is C13H15NO4. The maximum Gasteiger partial charge on any atom is 0.352 e. The van der Waals surface area contributed by atoms with Gasteiger partial charge in [-0.15, -0.1) is 0 Å². The number of aryl methyl sites for hydroxylation is 2. The molecular weight excluding hydrogens is 234 g/mol. The first-order chi connectivity index (χ1) is 8.51. The van der Waals surface area contributed by atoms with Gasteiger partial charge in [0.15, 0.2) is 0 Å². The van der Waals surface area contributed by atoms with Crippen molar-refractivity contribution in [2.75, 3.05) is 14.2 Å². The third-order valence-electron chi connectivity index (χ3n) is 3.14. The van der Waals surface area contributed by atoms with Gasteiger partial charge in [0.05, 0.1) is 19.7 Å². The third-order valence-corrected chi connectivity index (χ3v) is 3.14. The predicted molar refractivity (Wildman–Crippen MR) is 67.7 cm³/mol. The minimum absolute atomic E-state index is 0.261. The highest BCUT2D eigenvalue weighted by Crippen LogP contribution is 2.36. The van der Waals surface area contributed by atoms with E-state index in [4.69, 9.17) is 9.47 Å². The quantitative estimate of drug-likeness (QED) is 0.905. The van der Waals surface area contributed by atoms with Crippen molar-refractivity contribution in [1.29, 1.82) is 0 Å². The normalized spacial score (nSPS) is 10.7. The molecule has 0 aliphatic heterocycles. The van der Waals surface area contributed by atoms with Gasteiger partial charge < -0.3 is 19.1 Å². The fraction of sp³-hybridized carbons (Fsp3) is 0.308. The SMILES string of the molecule is COc1cc(OC)c2c(C)c(C(=O)O)n(C)c2c1. The molecule has 0 aliphatic rings. The second-order valence-corrected chi connectivity index (χ2v) is 4.06. The Morgan fingerprint density at radius 3 is 2.44 bits per heavy atom. The van der Waals surface area contributed by atoms with E-state index in [0.717, 1.165) is 10.9 Å². The Morgan fingerprint density at radius 2 is 1.94 bits per heavy atom. The zero-order valence-corrected chi connectivity index (χ0v) is 10.8. The van der Waals surface area contributed by atoms with E-state index >= 15 is 0 Å². The van der Waals surface area contributed by atoms with Gasteiger partial charge in [0.25, 0.3) is 0 Å². The summed E-state index contributed by atoms with van der Waals surface area (Å²) in [6.07, 6.45) is 0. The van der Waals surface area contributed by atoms with Crippen molar-refractivity contribution in [3.8, 4) is 11.5 Å². The van der Waals surface area contributed by atoms with Crippen LogP contribution in [0.3, 0.4) is 0 Å². The maximum absolute atomic E-state index is 11.3. The first-order valence-electron chi connectivity index (χ1n) is 5.45. The summed E-state index contributed by atoms with van der Waals surface area (Å²) in [6, 6.07) is 3.55. The summed E-state index contributed by atoms with van der Waals surface area (Å²) in [7, 11) is 4.84. The van der Waals surface area contributed by atoms with Crippen LogP contribution in [0.5, 0.6) is 11.5 Å². The monoisotopic (exact) mass is 249 g/mol. The number of nitrogens with zero attached hydrogens (tertiary/aromatic N) is 1. The summed E-state index contributed by atoms with van der Waals surface area (Å²) < 4.78 is 12.1. The minimum atomic E-state index is -0.952. The van der Waals surface area contributed by atoms with Crippen LogP contribution in [-0.2, 0) is 7.05 Å². The highest BCUT2D eigenvalue weighted by molar-refractivity contribution is 6.01. The van der Waals surface area contributed by atoms with Crippen LogP contribution in [0.2, 0.25) is 0 Å². The fourth-order valence-corrected chi connectivity index (χ4v) is 2.29. The highest BCUT2D eigenvalue weighted by Gasteiger charge is 2.21. The molecule has 0 amide bonds. The van der Waals surface area contributed by atoms with Crippen LogP contribution < -0.4 is 9.47 Å². The molecule has 96 valence electrons. The number of carboxylic acid groups (broad SMARTS) is 1. The maximum atomic E-state index is 11.3. The molecule has 0 saturated carbocycles. The van der Waals surface area contributed by atoms with Crippen molar-refractivity contribution in [2.45, 2.75) is 6.92 Å². The highest BCUT2D eigenvalue weighted by atomic mass is 16.5. The Bertz CT molecular complexity index is 628. The average Bonchev–Trinajstić information content (AvgIpc) is 2.60. The van der Waals surface area contributed by atoms with Gasteiger partial charge in [0.1, 0.15) is 17.2 Å². The summed E-state index contributed by atoms with van der Waals surface area (Å²) in [5.74, 6) is 0.300. The Labute approximate surface area is 105 Å². The van der Waals surface area contributed by atoms with Crippen molar-refractivity contribution in [3.63, 3.8) is 0 Å². The molecule has 1 N–H and O–H groups in total. The third kappa shape index (κ3) is 1.59. The van der Waals surface area contributed by atoms with Crippen LogP contribution in [0.1, 0.15) is 16.1 Å². The number of benzene rings is 1. The lowest BCUT2D eigenvalue weighted by Gasteiger charge is -2.07. The van der Waals surface area contributed by atoms with Crippen LogP contribution in [0.15, 0.2) is 12.1 Å². The topological polar surface area (TPSA) is 60.7 Å². The van der Waals surface area contributed by atoms with Crippen molar-refractivity contribution in [1.82, 2.24) is 4.57 Å². The van der Waals surface area contributed by atoms with Crippen LogP contribution in [-0.4, -0.2) is 29.9 Å². The molecule has 0 bridgehead atoms. The lowest BCUT2D eigenvalue weighted by Crippen LogP contribution is -2.05. The molecule has 2 rings (SSSR count). The van der Waals surface area contributed by atoms with Gasteiger partial charge in [-0.25, -0.2) is 4.79 Å². The largest absolute Gasteiger partial charge is 0.497 e. The lowest BCUT2D eigenvalue weighted by molar-refractivity contribution is 0.0686. The van der Waals surface area contributed by atoms with Crippen molar-refractivity contribution < 1.29 is 19.4 Å². The van der Waals surface area contributed by atoms with Crippen molar-refractivity contribution >= 4 is 16.9 Å². The van der Waals surface area contributed by atoms with Crippen molar-refractivity contribution in [3.05, 3.63) is 23.4 Å². The molecule has 5 heteroatoms. The summed E-state index contributed by atoms with van der Waals surface area (Å²) in [6.45, 7) is 1.78. The van der Waals surface area contributed by atoms with Gasteiger partial charge in [-0.1, -0.05) is 0 Å². The summed E-state index contributed by atoms with van der Waals surface area (Å²) in [4.78, 5) is 11.3. The summed E-state index contributed by atoms with van der Waals surface area (Å²) >= 11 is 0. The van der Waals surface area contributed by atoms with Gasteiger partial charge in [-0.2, -0.15) is 0 Å². The first-order valence-corrected chi connectivity index (χ1v) is 5.45. The Kier molecular flexibility index (Phi) is 2.90. The number of aromatic carboxylic acids is 1. The van der Waals surface area contributed by atoms with E-state index in [1.165, 1.54) is 0 Å². The van der Waals surface area contributed by atoms with Crippen LogP contribution in [0.4, 0.5) is 0 Å². The zero-order chi connectivity index (χ0) is 13.4. The molecule has 0 spiro atoms. The smallest absolute Gasteiger partial charge is 0.352 e. The molecule has 0 atom stereocenters. The van der Waals surface area contributed by atoms with Gasteiger partial charge in [0.2, 0.25) is 0 Å². The molecule has 0 unspecified atom stereocenters. The molecule has 1 aromatic heterocycles.